The molecule has 1 aromatic carbocycles. The molecule has 0 spiro atoms. The van der Waals surface area contributed by atoms with Gasteiger partial charge in [-0.3, -0.25) is 4.79 Å². The van der Waals surface area contributed by atoms with Gasteiger partial charge in [-0.25, -0.2) is 12.8 Å². The van der Waals surface area contributed by atoms with Crippen LogP contribution in [0.4, 0.5) is 4.39 Å². The summed E-state index contributed by atoms with van der Waals surface area (Å²) in [7, 11) is -2.47. The molecule has 1 amide bonds. The molecule has 0 aromatic heterocycles. The third-order valence-electron chi connectivity index (χ3n) is 2.48. The molecule has 1 aromatic rings. The summed E-state index contributed by atoms with van der Waals surface area (Å²) in [5, 5.41) is 2.35. The van der Waals surface area contributed by atoms with E-state index in [1.54, 1.807) is 6.92 Å². The summed E-state index contributed by atoms with van der Waals surface area (Å²) in [4.78, 5) is 11.1. The average molecular weight is 353 g/mol. The third-order valence-corrected chi connectivity index (χ3v) is 5.04. The van der Waals surface area contributed by atoms with Crippen molar-refractivity contribution < 1.29 is 17.6 Å². The third kappa shape index (κ3) is 3.74. The molecule has 0 fully saturated rings. The number of halogens is 2. The Morgan fingerprint density at radius 1 is 1.47 bits per heavy atom. The van der Waals surface area contributed by atoms with Gasteiger partial charge in [0, 0.05) is 13.6 Å². The quantitative estimate of drug-likeness (QED) is 0.869. The number of amides is 1. The highest BCUT2D eigenvalue weighted by Gasteiger charge is 2.25. The number of carbonyl (C=O) groups is 1. The Balaban J connectivity index is 3.13. The first-order valence-corrected chi connectivity index (χ1v) is 7.72. The molecule has 0 aliphatic heterocycles. The van der Waals surface area contributed by atoms with E-state index in [9.17, 15) is 17.6 Å². The van der Waals surface area contributed by atoms with Crippen molar-refractivity contribution in [2.45, 2.75) is 11.8 Å². The molecule has 0 bridgehead atoms. The van der Waals surface area contributed by atoms with E-state index in [1.807, 2.05) is 0 Å². The van der Waals surface area contributed by atoms with Crippen molar-refractivity contribution >= 4 is 31.9 Å². The fraction of sp³-hybridized carbons (Fsp3) is 0.364. The standard InChI is InChI=1S/C11H14BrFN2O3S/c1-3-15(7-11(16)14-2)19(17,18)8-4-5-9(12)10(13)6-8/h4-6H,3,7H2,1-2H3,(H,14,16). The Bertz CT molecular complexity index is 577. The lowest BCUT2D eigenvalue weighted by molar-refractivity contribution is -0.120. The van der Waals surface area contributed by atoms with Crippen molar-refractivity contribution in [3.8, 4) is 0 Å². The molecular weight excluding hydrogens is 339 g/mol. The Kier molecular flexibility index (Phi) is 5.45. The van der Waals surface area contributed by atoms with Crippen molar-refractivity contribution in [1.29, 1.82) is 0 Å². The summed E-state index contributed by atoms with van der Waals surface area (Å²) >= 11 is 2.95. The van der Waals surface area contributed by atoms with E-state index in [0.717, 1.165) is 10.4 Å². The summed E-state index contributed by atoms with van der Waals surface area (Å²) in [6, 6.07) is 3.52. The number of carbonyl (C=O) groups excluding carboxylic acids is 1. The second-order valence-electron chi connectivity index (χ2n) is 3.68. The number of sulfonamides is 1. The van der Waals surface area contributed by atoms with Crippen molar-refractivity contribution in [2.24, 2.45) is 0 Å². The molecule has 0 saturated carbocycles. The number of benzene rings is 1. The fourth-order valence-corrected chi connectivity index (χ4v) is 3.06. The molecule has 1 rings (SSSR count). The van der Waals surface area contributed by atoms with Gasteiger partial charge < -0.3 is 5.32 Å². The van der Waals surface area contributed by atoms with Gasteiger partial charge in [-0.1, -0.05) is 6.92 Å². The highest BCUT2D eigenvalue weighted by atomic mass is 79.9. The molecule has 1 N–H and O–H groups in total. The van der Waals surface area contributed by atoms with Gasteiger partial charge in [-0.15, -0.1) is 0 Å². The zero-order chi connectivity index (χ0) is 14.6. The molecule has 0 aliphatic rings. The Morgan fingerprint density at radius 3 is 2.58 bits per heavy atom. The maximum absolute atomic E-state index is 13.4. The van der Waals surface area contributed by atoms with Crippen molar-refractivity contribution in [3.05, 3.63) is 28.5 Å². The lowest BCUT2D eigenvalue weighted by Crippen LogP contribution is -2.39. The monoisotopic (exact) mass is 352 g/mol. The van der Waals surface area contributed by atoms with Crippen LogP contribution in [-0.4, -0.2) is 38.8 Å². The van der Waals surface area contributed by atoms with Crippen LogP contribution in [0.15, 0.2) is 27.6 Å². The summed E-state index contributed by atoms with van der Waals surface area (Å²) in [5.41, 5.74) is 0. The van der Waals surface area contributed by atoms with Gasteiger partial charge in [0.1, 0.15) is 5.82 Å². The summed E-state index contributed by atoms with van der Waals surface area (Å²) in [5.74, 6) is -1.10. The highest BCUT2D eigenvalue weighted by Crippen LogP contribution is 2.21. The van der Waals surface area contributed by atoms with Crippen molar-refractivity contribution in [1.82, 2.24) is 9.62 Å². The van der Waals surface area contributed by atoms with Crippen LogP contribution in [0.3, 0.4) is 0 Å². The Hall–Kier alpha value is -0.990. The van der Waals surface area contributed by atoms with E-state index >= 15 is 0 Å². The van der Waals surface area contributed by atoms with Gasteiger partial charge in [0.15, 0.2) is 0 Å². The topological polar surface area (TPSA) is 66.5 Å². The molecule has 0 unspecified atom stereocenters. The molecule has 19 heavy (non-hydrogen) atoms. The fourth-order valence-electron chi connectivity index (χ4n) is 1.39. The number of rotatable bonds is 5. The number of hydrogen-bond donors (Lipinski definition) is 1. The van der Waals surface area contributed by atoms with Crippen LogP contribution >= 0.6 is 15.9 Å². The minimum atomic E-state index is -3.88. The Morgan fingerprint density at radius 2 is 2.11 bits per heavy atom. The molecule has 0 radical (unpaired) electrons. The molecule has 0 aliphatic carbocycles. The second-order valence-corrected chi connectivity index (χ2v) is 6.47. The highest BCUT2D eigenvalue weighted by molar-refractivity contribution is 9.10. The van der Waals surface area contributed by atoms with Crippen molar-refractivity contribution in [3.63, 3.8) is 0 Å². The van der Waals surface area contributed by atoms with Crippen LogP contribution in [0.1, 0.15) is 6.92 Å². The van der Waals surface area contributed by atoms with E-state index in [-0.39, 0.29) is 22.5 Å². The first kappa shape index (κ1) is 16.1. The van der Waals surface area contributed by atoms with Gasteiger partial charge in [-0.05, 0) is 34.1 Å². The first-order valence-electron chi connectivity index (χ1n) is 5.48. The molecule has 0 saturated heterocycles. The summed E-state index contributed by atoms with van der Waals surface area (Å²) in [6.45, 7) is 1.43. The van der Waals surface area contributed by atoms with Gasteiger partial charge in [0.2, 0.25) is 15.9 Å². The Labute approximate surface area is 120 Å². The molecule has 0 heterocycles. The predicted octanol–water partition coefficient (Wildman–Crippen LogP) is 1.34. The normalized spacial score (nSPS) is 11.6. The zero-order valence-corrected chi connectivity index (χ0v) is 12.9. The van der Waals surface area contributed by atoms with Crippen molar-refractivity contribution in [2.75, 3.05) is 20.1 Å². The van der Waals surface area contributed by atoms with Crippen LogP contribution in [0.2, 0.25) is 0 Å². The SMILES string of the molecule is CCN(CC(=O)NC)S(=O)(=O)c1ccc(Br)c(F)c1. The minimum Gasteiger partial charge on any atom is -0.358 e. The van der Waals surface area contributed by atoms with E-state index < -0.39 is 21.7 Å². The van der Waals surface area contributed by atoms with E-state index in [0.29, 0.717) is 0 Å². The number of likely N-dealkylation sites (N-methyl/N-ethyl adjacent to an activating group) is 2. The second kappa shape index (κ2) is 6.44. The lowest BCUT2D eigenvalue weighted by Gasteiger charge is -2.19. The molecule has 106 valence electrons. The molecule has 5 nitrogen and oxygen atoms in total. The molecular formula is C11H14BrFN2O3S. The van der Waals surface area contributed by atoms with Crippen LogP contribution in [0, 0.1) is 5.82 Å². The molecule has 0 atom stereocenters. The van der Waals surface area contributed by atoms with Gasteiger partial charge in [0.25, 0.3) is 0 Å². The maximum Gasteiger partial charge on any atom is 0.243 e. The zero-order valence-electron chi connectivity index (χ0n) is 10.5. The first-order chi connectivity index (χ1) is 8.82. The van der Waals surface area contributed by atoms with Gasteiger partial charge in [-0.2, -0.15) is 4.31 Å². The minimum absolute atomic E-state index is 0.118. The van der Waals surface area contributed by atoms with Crippen LogP contribution < -0.4 is 5.32 Å². The summed E-state index contributed by atoms with van der Waals surface area (Å²) < 4.78 is 39.0. The predicted molar refractivity (Wildman–Crippen MR) is 72.6 cm³/mol. The molecule has 8 heteroatoms. The van der Waals surface area contributed by atoms with Gasteiger partial charge >= 0.3 is 0 Å². The van der Waals surface area contributed by atoms with E-state index in [4.69, 9.17) is 0 Å². The summed E-state index contributed by atoms with van der Waals surface area (Å²) in [6.07, 6.45) is 0. The van der Waals surface area contributed by atoms with Crippen LogP contribution in [0.25, 0.3) is 0 Å². The van der Waals surface area contributed by atoms with Crippen LogP contribution in [-0.2, 0) is 14.8 Å². The average Bonchev–Trinajstić information content (AvgIpc) is 2.38. The largest absolute Gasteiger partial charge is 0.358 e. The lowest BCUT2D eigenvalue weighted by atomic mass is 10.3. The van der Waals surface area contributed by atoms with Crippen LogP contribution in [0.5, 0.6) is 0 Å². The van der Waals surface area contributed by atoms with Gasteiger partial charge in [0.05, 0.1) is 15.9 Å². The number of nitrogens with one attached hydrogen (secondary N) is 1. The smallest absolute Gasteiger partial charge is 0.243 e. The number of nitrogens with zero attached hydrogens (tertiary/aromatic N) is 1. The maximum atomic E-state index is 13.4. The van der Waals surface area contributed by atoms with E-state index in [2.05, 4.69) is 21.2 Å². The van der Waals surface area contributed by atoms with E-state index in [1.165, 1.54) is 19.2 Å². The number of hydrogen-bond acceptors (Lipinski definition) is 3.